The Hall–Kier alpha value is -1.36. The van der Waals surface area contributed by atoms with E-state index in [4.69, 9.17) is 4.74 Å². The maximum Gasteiger partial charge on any atom is 0.354 e. The minimum atomic E-state index is -0.435. The summed E-state index contributed by atoms with van der Waals surface area (Å²) in [5.41, 5.74) is 0.901. The molecule has 0 aliphatic carbocycles. The zero-order valence-corrected chi connectivity index (χ0v) is 10.1. The van der Waals surface area contributed by atoms with Gasteiger partial charge in [-0.15, -0.1) is 0 Å². The number of aromatic amines is 1. The summed E-state index contributed by atoms with van der Waals surface area (Å²) in [5.74, 6) is -0.806. The van der Waals surface area contributed by atoms with Gasteiger partial charge >= 0.3 is 5.97 Å². The number of aromatic nitrogens is 1. The molecule has 3 nitrogen and oxygen atoms in total. The second kappa shape index (κ2) is 4.25. The van der Waals surface area contributed by atoms with Gasteiger partial charge in [-0.25, -0.2) is 9.18 Å². The van der Waals surface area contributed by atoms with Crippen molar-refractivity contribution in [1.29, 1.82) is 0 Å². The molecule has 0 amide bonds. The van der Waals surface area contributed by atoms with E-state index in [9.17, 15) is 9.18 Å². The van der Waals surface area contributed by atoms with E-state index in [2.05, 4.69) is 20.9 Å². The number of esters is 1. The first kappa shape index (κ1) is 11.1. The fourth-order valence-electron chi connectivity index (χ4n) is 1.45. The SMILES string of the molecule is CCOC(=O)c1cc2cc(Br)c(F)cc2[nH]1. The summed E-state index contributed by atoms with van der Waals surface area (Å²) in [5, 5.41) is 0.760. The summed E-state index contributed by atoms with van der Waals surface area (Å²) < 4.78 is 18.4. The van der Waals surface area contributed by atoms with Crippen molar-refractivity contribution in [2.45, 2.75) is 6.92 Å². The van der Waals surface area contributed by atoms with E-state index < -0.39 is 5.97 Å². The predicted molar refractivity (Wildman–Crippen MR) is 61.9 cm³/mol. The van der Waals surface area contributed by atoms with Gasteiger partial charge in [0.25, 0.3) is 0 Å². The zero-order valence-electron chi connectivity index (χ0n) is 8.51. The Morgan fingerprint density at radius 1 is 1.50 bits per heavy atom. The smallest absolute Gasteiger partial charge is 0.354 e. The van der Waals surface area contributed by atoms with Crippen LogP contribution in [0.5, 0.6) is 0 Å². The number of fused-ring (bicyclic) bond motifs is 1. The van der Waals surface area contributed by atoms with Crippen molar-refractivity contribution in [2.24, 2.45) is 0 Å². The molecule has 2 rings (SSSR count). The third-order valence-corrected chi connectivity index (χ3v) is 2.76. The molecule has 1 N–H and O–H groups in total. The number of hydrogen-bond acceptors (Lipinski definition) is 2. The van der Waals surface area contributed by atoms with Crippen molar-refractivity contribution >= 4 is 32.8 Å². The number of carbonyl (C=O) groups excluding carboxylic acids is 1. The number of nitrogens with one attached hydrogen (secondary N) is 1. The van der Waals surface area contributed by atoms with Gasteiger partial charge in [0.2, 0.25) is 0 Å². The molecule has 0 saturated carbocycles. The lowest BCUT2D eigenvalue weighted by molar-refractivity contribution is 0.0520. The van der Waals surface area contributed by atoms with E-state index in [0.29, 0.717) is 22.3 Å². The van der Waals surface area contributed by atoms with E-state index in [1.807, 2.05) is 0 Å². The molecular formula is C11H9BrFNO2. The highest BCUT2D eigenvalue weighted by molar-refractivity contribution is 9.10. The van der Waals surface area contributed by atoms with Crippen molar-refractivity contribution in [1.82, 2.24) is 4.98 Å². The molecule has 0 unspecified atom stereocenters. The molecule has 0 fully saturated rings. The molecule has 1 heterocycles. The van der Waals surface area contributed by atoms with Crippen molar-refractivity contribution in [3.8, 4) is 0 Å². The third kappa shape index (κ3) is 1.95. The standard InChI is InChI=1S/C11H9BrFNO2/c1-2-16-11(15)10-4-6-3-7(12)8(13)5-9(6)14-10/h3-5,14H,2H2,1H3. The summed E-state index contributed by atoms with van der Waals surface area (Å²) in [6, 6.07) is 4.59. The zero-order chi connectivity index (χ0) is 11.7. The highest BCUT2D eigenvalue weighted by Gasteiger charge is 2.11. The Bertz CT molecular complexity index is 511. The average molecular weight is 286 g/mol. The lowest BCUT2D eigenvalue weighted by atomic mass is 10.2. The third-order valence-electron chi connectivity index (χ3n) is 2.16. The first-order chi connectivity index (χ1) is 7.61. The van der Waals surface area contributed by atoms with Gasteiger partial charge in [0.1, 0.15) is 11.5 Å². The largest absolute Gasteiger partial charge is 0.461 e. The molecule has 0 atom stereocenters. The van der Waals surface area contributed by atoms with Crippen molar-refractivity contribution in [2.75, 3.05) is 6.61 Å². The van der Waals surface area contributed by atoms with Gasteiger partial charge in [-0.3, -0.25) is 0 Å². The second-order valence-corrected chi connectivity index (χ2v) is 4.11. The first-order valence-corrected chi connectivity index (χ1v) is 5.56. The molecular weight excluding hydrogens is 277 g/mol. The molecule has 5 heteroatoms. The van der Waals surface area contributed by atoms with Crippen LogP contribution in [0.4, 0.5) is 4.39 Å². The Morgan fingerprint density at radius 3 is 2.94 bits per heavy atom. The summed E-state index contributed by atoms with van der Waals surface area (Å²) in [4.78, 5) is 14.2. The van der Waals surface area contributed by atoms with Gasteiger partial charge in [0.15, 0.2) is 0 Å². The Morgan fingerprint density at radius 2 is 2.25 bits per heavy atom. The van der Waals surface area contributed by atoms with Crippen LogP contribution >= 0.6 is 15.9 Å². The summed E-state index contributed by atoms with van der Waals surface area (Å²) in [7, 11) is 0. The van der Waals surface area contributed by atoms with Gasteiger partial charge in [-0.1, -0.05) is 0 Å². The Balaban J connectivity index is 2.48. The molecule has 84 valence electrons. The van der Waals surface area contributed by atoms with Gasteiger partial charge < -0.3 is 9.72 Å². The normalized spacial score (nSPS) is 10.7. The van der Waals surface area contributed by atoms with Crippen LogP contribution in [0.1, 0.15) is 17.4 Å². The number of benzene rings is 1. The van der Waals surface area contributed by atoms with Crippen LogP contribution in [0.3, 0.4) is 0 Å². The van der Waals surface area contributed by atoms with Crippen LogP contribution in [0.25, 0.3) is 10.9 Å². The maximum absolute atomic E-state index is 13.2. The minimum Gasteiger partial charge on any atom is -0.461 e. The van der Waals surface area contributed by atoms with Crippen LogP contribution in [-0.4, -0.2) is 17.6 Å². The number of H-pyrrole nitrogens is 1. The number of carbonyl (C=O) groups is 1. The van der Waals surface area contributed by atoms with Gasteiger partial charge in [0, 0.05) is 10.9 Å². The van der Waals surface area contributed by atoms with Crippen molar-refractivity contribution in [3.05, 3.63) is 34.2 Å². The fraction of sp³-hybridized carbons (Fsp3) is 0.182. The van der Waals surface area contributed by atoms with Crippen molar-refractivity contribution in [3.63, 3.8) is 0 Å². The van der Waals surface area contributed by atoms with Crippen LogP contribution < -0.4 is 0 Å². The summed E-state index contributed by atoms with van der Waals surface area (Å²) in [6.07, 6.45) is 0. The number of hydrogen-bond donors (Lipinski definition) is 1. The highest BCUT2D eigenvalue weighted by Crippen LogP contribution is 2.24. The lowest BCUT2D eigenvalue weighted by Gasteiger charge is -1.96. The van der Waals surface area contributed by atoms with Crippen molar-refractivity contribution < 1.29 is 13.9 Å². The van der Waals surface area contributed by atoms with E-state index in [-0.39, 0.29) is 5.82 Å². The molecule has 0 aliphatic heterocycles. The molecule has 0 radical (unpaired) electrons. The first-order valence-electron chi connectivity index (χ1n) is 4.76. The van der Waals surface area contributed by atoms with E-state index in [1.165, 1.54) is 6.07 Å². The maximum atomic E-state index is 13.2. The van der Waals surface area contributed by atoms with Gasteiger partial charge in [-0.2, -0.15) is 0 Å². The lowest BCUT2D eigenvalue weighted by Crippen LogP contribution is -2.04. The van der Waals surface area contributed by atoms with E-state index in [0.717, 1.165) is 5.39 Å². The minimum absolute atomic E-state index is 0.312. The topological polar surface area (TPSA) is 42.1 Å². The molecule has 0 saturated heterocycles. The highest BCUT2D eigenvalue weighted by atomic mass is 79.9. The molecule has 0 aliphatic rings. The van der Waals surface area contributed by atoms with Crippen LogP contribution in [0.15, 0.2) is 22.7 Å². The van der Waals surface area contributed by atoms with Crippen LogP contribution in [-0.2, 0) is 4.74 Å². The summed E-state index contributed by atoms with van der Waals surface area (Å²) in [6.45, 7) is 2.04. The molecule has 1 aromatic heterocycles. The van der Waals surface area contributed by atoms with E-state index >= 15 is 0 Å². The Kier molecular flexibility index (Phi) is 2.96. The molecule has 0 bridgehead atoms. The van der Waals surface area contributed by atoms with Crippen LogP contribution in [0, 0.1) is 5.82 Å². The van der Waals surface area contributed by atoms with Gasteiger partial charge in [0.05, 0.1) is 11.1 Å². The molecule has 0 spiro atoms. The Labute approximate surface area is 99.7 Å². The predicted octanol–water partition coefficient (Wildman–Crippen LogP) is 3.25. The number of rotatable bonds is 2. The fourth-order valence-corrected chi connectivity index (χ4v) is 1.81. The molecule has 1 aromatic carbocycles. The molecule has 2 aromatic rings. The number of halogens is 2. The quantitative estimate of drug-likeness (QED) is 0.861. The van der Waals surface area contributed by atoms with Gasteiger partial charge in [-0.05, 0) is 41.1 Å². The number of ether oxygens (including phenoxy) is 1. The molecule has 16 heavy (non-hydrogen) atoms. The van der Waals surface area contributed by atoms with E-state index in [1.54, 1.807) is 19.1 Å². The monoisotopic (exact) mass is 285 g/mol. The van der Waals surface area contributed by atoms with Crippen LogP contribution in [0.2, 0.25) is 0 Å². The summed E-state index contributed by atoms with van der Waals surface area (Å²) >= 11 is 3.09. The average Bonchev–Trinajstić information content (AvgIpc) is 2.62. The second-order valence-electron chi connectivity index (χ2n) is 3.26.